The lowest BCUT2D eigenvalue weighted by molar-refractivity contribution is 0.325. The van der Waals surface area contributed by atoms with Crippen molar-refractivity contribution in [3.8, 4) is 34.1 Å². The van der Waals surface area contributed by atoms with Crippen molar-refractivity contribution in [2.24, 2.45) is 0 Å². The van der Waals surface area contributed by atoms with E-state index in [0.717, 1.165) is 11.1 Å². The van der Waals surface area contributed by atoms with Gasteiger partial charge >= 0.3 is 0 Å². The van der Waals surface area contributed by atoms with Crippen LogP contribution in [0.1, 0.15) is 23.6 Å². The number of ether oxygens (including phenoxy) is 4. The molecule has 0 aliphatic heterocycles. The fourth-order valence-electron chi connectivity index (χ4n) is 4.38. The summed E-state index contributed by atoms with van der Waals surface area (Å²) in [6.07, 6.45) is 5.77. The number of benzene rings is 1. The number of aromatic nitrogens is 2. The predicted molar refractivity (Wildman–Crippen MR) is 142 cm³/mol. The monoisotopic (exact) mass is 528 g/mol. The van der Waals surface area contributed by atoms with Gasteiger partial charge in [-0.3, -0.25) is 4.79 Å². The van der Waals surface area contributed by atoms with Gasteiger partial charge in [0.1, 0.15) is 6.33 Å². The van der Waals surface area contributed by atoms with Crippen LogP contribution in [0.2, 0.25) is 5.02 Å². The standard InChI is InChI=1S/C25H25ClN4O5S/c1-32-19-8-6-14-16(9-18(19)31)17(30-25(36)29-13-10-27-12-28-11-13)7-5-15-20(14)22(33-2)24(35-4)23(34-3)21(15)26/h6,8-12,17H,5,7H2,1-4H3,(H2,29,30,36)/t17-/m0/s1. The number of nitrogens with one attached hydrogen (secondary N) is 2. The summed E-state index contributed by atoms with van der Waals surface area (Å²) in [7, 11) is 6.05. The molecule has 1 aliphatic rings. The molecule has 1 aliphatic carbocycles. The van der Waals surface area contributed by atoms with Crippen molar-refractivity contribution in [1.29, 1.82) is 0 Å². The molecule has 4 rings (SSSR count). The minimum absolute atomic E-state index is 0.205. The third-order valence-electron chi connectivity index (χ3n) is 5.93. The number of nitrogens with zero attached hydrogens (tertiary/aromatic N) is 2. The van der Waals surface area contributed by atoms with Gasteiger partial charge in [0.2, 0.25) is 11.2 Å². The van der Waals surface area contributed by atoms with Crippen molar-refractivity contribution < 1.29 is 18.9 Å². The number of hydrogen-bond acceptors (Lipinski definition) is 8. The number of methoxy groups -OCH3 is 4. The molecule has 1 aromatic heterocycles. The Morgan fingerprint density at radius 1 is 1.03 bits per heavy atom. The molecule has 2 aromatic carbocycles. The minimum atomic E-state index is -0.348. The molecule has 36 heavy (non-hydrogen) atoms. The Labute approximate surface area is 218 Å². The summed E-state index contributed by atoms with van der Waals surface area (Å²) in [4.78, 5) is 21.0. The maximum absolute atomic E-state index is 13.0. The molecular formula is C25H25ClN4O5S. The van der Waals surface area contributed by atoms with Gasteiger partial charge in [-0.25, -0.2) is 9.97 Å². The third kappa shape index (κ3) is 4.74. The molecule has 1 atom stereocenters. The van der Waals surface area contributed by atoms with Gasteiger partial charge in [0.15, 0.2) is 22.4 Å². The van der Waals surface area contributed by atoms with Gasteiger partial charge in [-0.2, -0.15) is 0 Å². The Bertz CT molecular complexity index is 1360. The molecule has 188 valence electrons. The van der Waals surface area contributed by atoms with Crippen molar-refractivity contribution in [1.82, 2.24) is 15.3 Å². The molecule has 0 saturated carbocycles. The number of hydrogen-bond donors (Lipinski definition) is 2. The highest BCUT2D eigenvalue weighted by Gasteiger charge is 2.32. The van der Waals surface area contributed by atoms with Crippen LogP contribution < -0.4 is 35.0 Å². The molecule has 3 aromatic rings. The second kappa shape index (κ2) is 11.0. The van der Waals surface area contributed by atoms with Gasteiger partial charge in [0.05, 0.1) is 57.6 Å². The molecule has 2 N–H and O–H groups in total. The van der Waals surface area contributed by atoms with Gasteiger partial charge in [0, 0.05) is 5.56 Å². The largest absolute Gasteiger partial charge is 0.493 e. The summed E-state index contributed by atoms with van der Waals surface area (Å²) in [6.45, 7) is 0. The van der Waals surface area contributed by atoms with Gasteiger partial charge in [0.25, 0.3) is 0 Å². The van der Waals surface area contributed by atoms with E-state index in [1.807, 2.05) is 6.07 Å². The van der Waals surface area contributed by atoms with E-state index in [1.54, 1.807) is 31.6 Å². The van der Waals surface area contributed by atoms with E-state index in [-0.39, 0.29) is 17.2 Å². The maximum Gasteiger partial charge on any atom is 0.220 e. The van der Waals surface area contributed by atoms with Crippen LogP contribution >= 0.6 is 23.8 Å². The highest BCUT2D eigenvalue weighted by molar-refractivity contribution is 7.80. The first kappa shape index (κ1) is 25.5. The summed E-state index contributed by atoms with van der Waals surface area (Å²) in [5, 5.41) is 7.18. The van der Waals surface area contributed by atoms with Crippen LogP contribution in [0.4, 0.5) is 5.69 Å². The molecule has 0 bridgehead atoms. The van der Waals surface area contributed by atoms with E-state index in [1.165, 1.54) is 27.7 Å². The molecule has 1 heterocycles. The zero-order valence-corrected chi connectivity index (χ0v) is 21.7. The first-order chi connectivity index (χ1) is 17.4. The second-order valence-corrected chi connectivity index (χ2v) is 8.65. The maximum atomic E-state index is 13.0. The zero-order valence-electron chi connectivity index (χ0n) is 20.2. The molecule has 11 heteroatoms. The first-order valence-corrected chi connectivity index (χ1v) is 11.8. The molecular weight excluding hydrogens is 504 g/mol. The van der Waals surface area contributed by atoms with Crippen LogP contribution in [0, 0.1) is 0 Å². The molecule has 0 amide bonds. The van der Waals surface area contributed by atoms with Crippen molar-refractivity contribution >= 4 is 34.6 Å². The topological polar surface area (TPSA) is 104 Å². The zero-order chi connectivity index (χ0) is 25.8. The molecule has 0 saturated heterocycles. The molecule has 9 nitrogen and oxygen atoms in total. The Balaban J connectivity index is 1.91. The summed E-state index contributed by atoms with van der Waals surface area (Å²) in [6, 6.07) is 4.66. The molecule has 0 fully saturated rings. The summed E-state index contributed by atoms with van der Waals surface area (Å²) in [5.41, 5.74) is 3.33. The Kier molecular flexibility index (Phi) is 7.76. The average Bonchev–Trinajstić information content (AvgIpc) is 3.13. The van der Waals surface area contributed by atoms with Gasteiger partial charge in [-0.05, 0) is 53.9 Å². The number of thiocarbonyl (C=S) groups is 1. The highest BCUT2D eigenvalue weighted by atomic mass is 35.5. The predicted octanol–water partition coefficient (Wildman–Crippen LogP) is 4.17. The summed E-state index contributed by atoms with van der Waals surface area (Å²) in [5.74, 6) is 1.40. The SMILES string of the molecule is COc1c(Cl)c2c(c(OC)c1OC)-c1ccc(OC)c(=O)cc1[C@@H](NC(=S)Nc1cncnc1)CC2. The van der Waals surface area contributed by atoms with Crippen LogP contribution in [0.15, 0.2) is 41.7 Å². The van der Waals surface area contributed by atoms with E-state index in [9.17, 15) is 4.79 Å². The fourth-order valence-corrected chi connectivity index (χ4v) is 4.99. The third-order valence-corrected chi connectivity index (χ3v) is 6.55. The van der Waals surface area contributed by atoms with Crippen molar-refractivity contribution in [3.63, 3.8) is 0 Å². The first-order valence-electron chi connectivity index (χ1n) is 11.0. The molecule has 0 unspecified atom stereocenters. The van der Waals surface area contributed by atoms with Crippen molar-refractivity contribution in [2.45, 2.75) is 18.9 Å². The lowest BCUT2D eigenvalue weighted by Crippen LogP contribution is -2.32. The quantitative estimate of drug-likeness (QED) is 0.453. The van der Waals surface area contributed by atoms with Crippen LogP contribution in [0.5, 0.6) is 23.0 Å². The van der Waals surface area contributed by atoms with E-state index in [0.29, 0.717) is 57.0 Å². The summed E-state index contributed by atoms with van der Waals surface area (Å²) < 4.78 is 22.3. The number of halogens is 1. The lowest BCUT2D eigenvalue weighted by atomic mass is 9.95. The van der Waals surface area contributed by atoms with E-state index in [2.05, 4.69) is 20.6 Å². The number of rotatable bonds is 6. The summed E-state index contributed by atoms with van der Waals surface area (Å²) >= 11 is 12.4. The Hall–Kier alpha value is -3.63. The molecule has 0 spiro atoms. The normalized spacial score (nSPS) is 14.0. The average molecular weight is 529 g/mol. The second-order valence-electron chi connectivity index (χ2n) is 7.86. The fraction of sp³-hybridized carbons (Fsp3) is 0.280. The lowest BCUT2D eigenvalue weighted by Gasteiger charge is -2.21. The minimum Gasteiger partial charge on any atom is -0.493 e. The van der Waals surface area contributed by atoms with Crippen LogP contribution in [-0.2, 0) is 6.42 Å². The highest BCUT2D eigenvalue weighted by Crippen LogP contribution is 2.54. The van der Waals surface area contributed by atoms with Crippen LogP contribution in [-0.4, -0.2) is 43.5 Å². The van der Waals surface area contributed by atoms with Crippen LogP contribution in [0.3, 0.4) is 0 Å². The van der Waals surface area contributed by atoms with Gasteiger partial charge < -0.3 is 29.6 Å². The Morgan fingerprint density at radius 3 is 2.36 bits per heavy atom. The van der Waals surface area contributed by atoms with Crippen molar-refractivity contribution in [3.05, 3.63) is 63.3 Å². The smallest absolute Gasteiger partial charge is 0.220 e. The molecule has 0 radical (unpaired) electrons. The Morgan fingerprint density at radius 2 is 1.72 bits per heavy atom. The van der Waals surface area contributed by atoms with Crippen molar-refractivity contribution in [2.75, 3.05) is 33.8 Å². The number of fused-ring (bicyclic) bond motifs is 3. The van der Waals surface area contributed by atoms with E-state index in [4.69, 9.17) is 42.8 Å². The number of anilines is 1. The van der Waals surface area contributed by atoms with E-state index >= 15 is 0 Å². The van der Waals surface area contributed by atoms with Crippen LogP contribution in [0.25, 0.3) is 11.1 Å². The van der Waals surface area contributed by atoms with E-state index < -0.39 is 0 Å². The van der Waals surface area contributed by atoms with Gasteiger partial charge in [-0.15, -0.1) is 0 Å². The van der Waals surface area contributed by atoms with Gasteiger partial charge in [-0.1, -0.05) is 17.7 Å².